The lowest BCUT2D eigenvalue weighted by Crippen LogP contribution is -2.17. The van der Waals surface area contributed by atoms with Gasteiger partial charge >= 0.3 is 0 Å². The topological polar surface area (TPSA) is 16.1 Å². The first-order valence-electron chi connectivity index (χ1n) is 5.53. The summed E-state index contributed by atoms with van der Waals surface area (Å²) in [6.45, 7) is 2.86. The lowest BCUT2D eigenvalue weighted by atomic mass is 10.2. The Kier molecular flexibility index (Phi) is 3.64. The Morgan fingerprint density at radius 3 is 2.41 bits per heavy atom. The SMILES string of the molecule is Cc1ccc(N(C)Cc2ccc(Cl)cc2)nc1. The number of aryl methyl sites for hydroxylation is 1. The van der Waals surface area contributed by atoms with Crippen molar-refractivity contribution in [3.63, 3.8) is 0 Å². The van der Waals surface area contributed by atoms with E-state index in [1.165, 1.54) is 11.1 Å². The lowest BCUT2D eigenvalue weighted by molar-refractivity contribution is 0.897. The van der Waals surface area contributed by atoms with Crippen LogP contribution in [0.4, 0.5) is 5.82 Å². The summed E-state index contributed by atoms with van der Waals surface area (Å²) in [4.78, 5) is 6.51. The number of anilines is 1. The lowest BCUT2D eigenvalue weighted by Gasteiger charge is -2.18. The van der Waals surface area contributed by atoms with Crippen molar-refractivity contribution >= 4 is 17.4 Å². The van der Waals surface area contributed by atoms with Gasteiger partial charge in [0.15, 0.2) is 0 Å². The van der Waals surface area contributed by atoms with Gasteiger partial charge in [-0.3, -0.25) is 0 Å². The zero-order valence-corrected chi connectivity index (χ0v) is 10.8. The fraction of sp³-hybridized carbons (Fsp3) is 0.214. The van der Waals surface area contributed by atoms with E-state index in [0.717, 1.165) is 17.4 Å². The van der Waals surface area contributed by atoms with Crippen LogP contribution >= 0.6 is 11.6 Å². The van der Waals surface area contributed by atoms with E-state index < -0.39 is 0 Å². The van der Waals surface area contributed by atoms with Crippen LogP contribution in [0.2, 0.25) is 5.02 Å². The summed E-state index contributed by atoms with van der Waals surface area (Å²) in [5.41, 5.74) is 2.40. The van der Waals surface area contributed by atoms with Crippen molar-refractivity contribution < 1.29 is 0 Å². The predicted molar refractivity (Wildman–Crippen MR) is 72.5 cm³/mol. The molecular weight excluding hydrogens is 232 g/mol. The van der Waals surface area contributed by atoms with Crippen molar-refractivity contribution in [3.05, 3.63) is 58.7 Å². The van der Waals surface area contributed by atoms with E-state index in [-0.39, 0.29) is 0 Å². The van der Waals surface area contributed by atoms with Crippen LogP contribution in [0.15, 0.2) is 42.6 Å². The van der Waals surface area contributed by atoms with Gasteiger partial charge in [-0.15, -0.1) is 0 Å². The van der Waals surface area contributed by atoms with Crippen molar-refractivity contribution in [2.24, 2.45) is 0 Å². The molecule has 0 spiro atoms. The molecule has 0 fully saturated rings. The van der Waals surface area contributed by atoms with Gasteiger partial charge in [0.05, 0.1) is 0 Å². The third-order valence-electron chi connectivity index (χ3n) is 2.62. The molecule has 88 valence electrons. The van der Waals surface area contributed by atoms with Crippen molar-refractivity contribution in [2.45, 2.75) is 13.5 Å². The molecule has 2 rings (SSSR count). The monoisotopic (exact) mass is 246 g/mol. The molecule has 1 heterocycles. The summed E-state index contributed by atoms with van der Waals surface area (Å²) < 4.78 is 0. The number of aromatic nitrogens is 1. The number of pyridine rings is 1. The van der Waals surface area contributed by atoms with Crippen LogP contribution in [-0.4, -0.2) is 12.0 Å². The van der Waals surface area contributed by atoms with Crippen molar-refractivity contribution in [2.75, 3.05) is 11.9 Å². The van der Waals surface area contributed by atoms with Crippen LogP contribution in [0.5, 0.6) is 0 Å². The summed E-state index contributed by atoms with van der Waals surface area (Å²) in [6, 6.07) is 12.0. The van der Waals surface area contributed by atoms with Gasteiger partial charge in [0.1, 0.15) is 5.82 Å². The summed E-state index contributed by atoms with van der Waals surface area (Å²) in [5, 5.41) is 0.768. The molecule has 0 atom stereocenters. The molecule has 2 nitrogen and oxygen atoms in total. The maximum atomic E-state index is 5.86. The molecule has 0 bridgehead atoms. The number of nitrogens with zero attached hydrogens (tertiary/aromatic N) is 2. The molecule has 0 radical (unpaired) electrons. The Balaban J connectivity index is 2.08. The zero-order chi connectivity index (χ0) is 12.3. The van der Waals surface area contributed by atoms with E-state index in [0.29, 0.717) is 0 Å². The highest BCUT2D eigenvalue weighted by Gasteiger charge is 2.02. The Morgan fingerprint density at radius 1 is 1.12 bits per heavy atom. The van der Waals surface area contributed by atoms with Crippen LogP contribution in [-0.2, 0) is 6.54 Å². The molecule has 0 N–H and O–H groups in total. The summed E-state index contributed by atoms with van der Waals surface area (Å²) in [6.07, 6.45) is 1.88. The number of halogens is 1. The maximum Gasteiger partial charge on any atom is 0.128 e. The van der Waals surface area contributed by atoms with E-state index >= 15 is 0 Å². The fourth-order valence-electron chi connectivity index (χ4n) is 1.63. The quantitative estimate of drug-likeness (QED) is 0.821. The molecule has 17 heavy (non-hydrogen) atoms. The fourth-order valence-corrected chi connectivity index (χ4v) is 1.76. The molecule has 0 saturated carbocycles. The molecule has 1 aromatic heterocycles. The standard InChI is InChI=1S/C14H15ClN2/c1-11-3-8-14(16-9-11)17(2)10-12-4-6-13(15)7-5-12/h3-9H,10H2,1-2H3. The molecule has 0 aliphatic rings. The molecule has 3 heteroatoms. The smallest absolute Gasteiger partial charge is 0.128 e. The average molecular weight is 247 g/mol. The first-order chi connectivity index (χ1) is 8.15. The van der Waals surface area contributed by atoms with Crippen molar-refractivity contribution in [3.8, 4) is 0 Å². The van der Waals surface area contributed by atoms with E-state index in [4.69, 9.17) is 11.6 Å². The van der Waals surface area contributed by atoms with E-state index in [9.17, 15) is 0 Å². The van der Waals surface area contributed by atoms with Crippen molar-refractivity contribution in [1.29, 1.82) is 0 Å². The first kappa shape index (κ1) is 11.9. The number of rotatable bonds is 3. The van der Waals surface area contributed by atoms with E-state index in [1.807, 2.05) is 50.5 Å². The summed E-state index contributed by atoms with van der Waals surface area (Å²) in [7, 11) is 2.03. The summed E-state index contributed by atoms with van der Waals surface area (Å²) in [5.74, 6) is 0.977. The molecule has 1 aromatic carbocycles. The Labute approximate surface area is 107 Å². The number of hydrogen-bond donors (Lipinski definition) is 0. The summed E-state index contributed by atoms with van der Waals surface area (Å²) >= 11 is 5.86. The number of hydrogen-bond acceptors (Lipinski definition) is 2. The van der Waals surface area contributed by atoms with Gasteiger partial charge in [0.2, 0.25) is 0 Å². The number of benzene rings is 1. The molecule has 2 aromatic rings. The highest BCUT2D eigenvalue weighted by molar-refractivity contribution is 6.30. The van der Waals surface area contributed by atoms with Gasteiger partial charge in [0.25, 0.3) is 0 Å². The van der Waals surface area contributed by atoms with E-state index in [1.54, 1.807) is 0 Å². The minimum atomic E-state index is 0.768. The predicted octanol–water partition coefficient (Wildman–Crippen LogP) is 3.68. The molecule has 0 saturated heterocycles. The largest absolute Gasteiger partial charge is 0.355 e. The molecular formula is C14H15ClN2. The first-order valence-corrected chi connectivity index (χ1v) is 5.91. The highest BCUT2D eigenvalue weighted by Crippen LogP contribution is 2.15. The second-order valence-corrected chi connectivity index (χ2v) is 4.61. The van der Waals surface area contributed by atoms with Gasteiger partial charge in [-0.1, -0.05) is 29.8 Å². The van der Waals surface area contributed by atoms with Crippen LogP contribution in [0.1, 0.15) is 11.1 Å². The highest BCUT2D eigenvalue weighted by atomic mass is 35.5. The Bertz CT molecular complexity index is 477. The molecule has 0 amide bonds. The maximum absolute atomic E-state index is 5.86. The van der Waals surface area contributed by atoms with Crippen LogP contribution in [0, 0.1) is 6.92 Å². The normalized spacial score (nSPS) is 10.3. The third kappa shape index (κ3) is 3.21. The van der Waals surface area contributed by atoms with Crippen LogP contribution < -0.4 is 4.90 Å². The average Bonchev–Trinajstić information content (AvgIpc) is 2.33. The zero-order valence-electron chi connectivity index (χ0n) is 10.0. The van der Waals surface area contributed by atoms with Gasteiger partial charge in [-0.05, 0) is 36.2 Å². The van der Waals surface area contributed by atoms with Crippen LogP contribution in [0.3, 0.4) is 0 Å². The second kappa shape index (κ2) is 5.19. The van der Waals surface area contributed by atoms with Gasteiger partial charge < -0.3 is 4.90 Å². The van der Waals surface area contributed by atoms with Gasteiger partial charge in [-0.25, -0.2) is 4.98 Å². The molecule has 0 aliphatic heterocycles. The minimum Gasteiger partial charge on any atom is -0.355 e. The van der Waals surface area contributed by atoms with E-state index in [2.05, 4.69) is 16.0 Å². The Hall–Kier alpha value is -1.54. The van der Waals surface area contributed by atoms with Gasteiger partial charge in [0, 0.05) is 24.8 Å². The minimum absolute atomic E-state index is 0.768. The third-order valence-corrected chi connectivity index (χ3v) is 2.87. The van der Waals surface area contributed by atoms with Gasteiger partial charge in [-0.2, -0.15) is 0 Å². The molecule has 0 aliphatic carbocycles. The second-order valence-electron chi connectivity index (χ2n) is 4.18. The molecule has 0 unspecified atom stereocenters. The van der Waals surface area contributed by atoms with Crippen molar-refractivity contribution in [1.82, 2.24) is 4.98 Å². The Morgan fingerprint density at radius 2 is 1.82 bits per heavy atom. The van der Waals surface area contributed by atoms with Crippen LogP contribution in [0.25, 0.3) is 0 Å².